The molecule has 0 aromatic heterocycles. The van der Waals surface area contributed by atoms with Crippen molar-refractivity contribution < 1.29 is 15.0 Å². The summed E-state index contributed by atoms with van der Waals surface area (Å²) in [4.78, 5) is 14.5. The van der Waals surface area contributed by atoms with Crippen LogP contribution in [0.4, 0.5) is 0 Å². The predicted molar refractivity (Wildman–Crippen MR) is 112 cm³/mol. The maximum Gasteiger partial charge on any atom is 0.249 e. The number of aliphatic hydroxyl groups excluding tert-OH is 1. The van der Waals surface area contributed by atoms with E-state index in [2.05, 4.69) is 16.3 Å². The van der Waals surface area contributed by atoms with Crippen LogP contribution < -0.4 is 11.1 Å². The van der Waals surface area contributed by atoms with E-state index in [9.17, 15) is 15.0 Å². The number of phenols is 1. The summed E-state index contributed by atoms with van der Waals surface area (Å²) < 4.78 is 0. The third kappa shape index (κ3) is 2.66. The van der Waals surface area contributed by atoms with Crippen LogP contribution in [-0.2, 0) is 16.6 Å². The maximum atomic E-state index is 11.8. The number of dihydropyridines is 1. The first-order valence-electron chi connectivity index (χ1n) is 11.2. The van der Waals surface area contributed by atoms with Crippen molar-refractivity contribution in [2.45, 2.75) is 56.2 Å². The Morgan fingerprint density at radius 3 is 2.90 bits per heavy atom. The summed E-state index contributed by atoms with van der Waals surface area (Å²) in [5.41, 5.74) is 10.5. The SMILES string of the molecule is NC(=O)C1=CC2=C(C[C@]34CCN(CC5CC5)[C@H](Cc5ccc(O)cc53)[C@@H]4C2)NC1O. The van der Waals surface area contributed by atoms with Crippen LogP contribution >= 0.6 is 0 Å². The molecule has 0 radical (unpaired) electrons. The molecule has 1 aromatic carbocycles. The molecular formula is C24H29N3O3. The van der Waals surface area contributed by atoms with E-state index in [4.69, 9.17) is 5.73 Å². The highest BCUT2D eigenvalue weighted by Gasteiger charge is 2.56. The van der Waals surface area contributed by atoms with E-state index in [0.717, 1.165) is 49.4 Å². The average Bonchev–Trinajstić information content (AvgIpc) is 3.52. The van der Waals surface area contributed by atoms with Crippen molar-refractivity contribution in [3.63, 3.8) is 0 Å². The summed E-state index contributed by atoms with van der Waals surface area (Å²) in [6.45, 7) is 2.27. The standard InChI is InChI=1S/C24H29N3O3/c25-22(29)17-7-15-8-19-21-9-14-3-4-16(28)10-18(14)24(19,11-20(15)26-23(17)30)5-6-27(21)12-13-1-2-13/h3-4,7,10,13,19,21,23,26,28,30H,1-2,5-6,8-9,11-12H2,(H2,25,29)/t19-,21+,23?,24+/m0/s1. The number of aromatic hydroxyl groups is 1. The summed E-state index contributed by atoms with van der Waals surface area (Å²) in [5, 5.41) is 23.9. The Labute approximate surface area is 176 Å². The number of nitrogens with zero attached hydrogens (tertiary/aromatic N) is 1. The number of carbonyl (C=O) groups is 1. The van der Waals surface area contributed by atoms with Crippen LogP contribution in [0.2, 0.25) is 0 Å². The summed E-state index contributed by atoms with van der Waals surface area (Å²) in [7, 11) is 0. The number of amides is 1. The molecule has 1 amide bonds. The second-order valence-electron chi connectivity index (χ2n) is 9.96. The molecule has 5 aliphatic rings. The molecule has 6 heteroatoms. The topological polar surface area (TPSA) is 98.8 Å². The molecule has 3 aliphatic carbocycles. The molecule has 1 aromatic rings. The van der Waals surface area contributed by atoms with Gasteiger partial charge in [-0.1, -0.05) is 6.07 Å². The molecule has 2 heterocycles. The van der Waals surface area contributed by atoms with Gasteiger partial charge in [0.15, 0.2) is 6.23 Å². The second kappa shape index (κ2) is 6.34. The van der Waals surface area contributed by atoms with Crippen LogP contribution in [0.5, 0.6) is 5.75 Å². The van der Waals surface area contributed by atoms with Gasteiger partial charge in [-0.2, -0.15) is 0 Å². The van der Waals surface area contributed by atoms with E-state index in [1.165, 1.54) is 30.5 Å². The Morgan fingerprint density at radius 1 is 1.30 bits per heavy atom. The van der Waals surface area contributed by atoms with Crippen molar-refractivity contribution in [2.75, 3.05) is 13.1 Å². The Morgan fingerprint density at radius 2 is 2.13 bits per heavy atom. The number of nitrogens with two attached hydrogens (primary N) is 1. The molecule has 0 spiro atoms. The molecule has 1 saturated carbocycles. The fraction of sp³-hybridized carbons (Fsp3) is 0.542. The maximum absolute atomic E-state index is 11.8. The highest BCUT2D eigenvalue weighted by molar-refractivity contribution is 5.93. The number of aliphatic hydroxyl groups is 1. The van der Waals surface area contributed by atoms with Crippen LogP contribution in [0.15, 0.2) is 41.1 Å². The number of hydrogen-bond acceptors (Lipinski definition) is 5. The summed E-state index contributed by atoms with van der Waals surface area (Å²) in [5.74, 6) is 1.04. The zero-order valence-electron chi connectivity index (χ0n) is 17.1. The number of rotatable bonds is 3. The zero-order chi connectivity index (χ0) is 20.6. The number of hydrogen-bond donors (Lipinski definition) is 4. The lowest BCUT2D eigenvalue weighted by Crippen LogP contribution is -2.62. The molecule has 4 atom stereocenters. The predicted octanol–water partition coefficient (Wildman–Crippen LogP) is 1.67. The lowest BCUT2D eigenvalue weighted by molar-refractivity contribution is -0.115. The molecule has 1 saturated heterocycles. The fourth-order valence-corrected chi connectivity index (χ4v) is 6.65. The Hall–Kier alpha value is -2.31. The van der Waals surface area contributed by atoms with Gasteiger partial charge in [0.1, 0.15) is 5.75 Å². The normalized spacial score (nSPS) is 35.0. The smallest absolute Gasteiger partial charge is 0.249 e. The van der Waals surface area contributed by atoms with Crippen LogP contribution in [0.25, 0.3) is 0 Å². The van der Waals surface area contributed by atoms with E-state index in [1.807, 2.05) is 18.2 Å². The molecule has 1 unspecified atom stereocenters. The van der Waals surface area contributed by atoms with Crippen LogP contribution in [-0.4, -0.2) is 46.4 Å². The zero-order valence-corrected chi connectivity index (χ0v) is 17.1. The van der Waals surface area contributed by atoms with Gasteiger partial charge in [0, 0.05) is 23.7 Å². The van der Waals surface area contributed by atoms with Gasteiger partial charge >= 0.3 is 0 Å². The Balaban J connectivity index is 1.46. The number of piperidine rings is 1. The molecule has 2 aliphatic heterocycles. The number of fused-ring (bicyclic) bond motifs is 1. The van der Waals surface area contributed by atoms with Crippen molar-refractivity contribution >= 4 is 5.91 Å². The highest BCUT2D eigenvalue weighted by atomic mass is 16.3. The first kappa shape index (κ1) is 18.5. The quantitative estimate of drug-likeness (QED) is 0.611. The van der Waals surface area contributed by atoms with Crippen LogP contribution in [0, 0.1) is 11.8 Å². The number of likely N-dealkylation sites (tertiary alicyclic amines) is 1. The van der Waals surface area contributed by atoms with Gasteiger partial charge in [0.05, 0.1) is 5.57 Å². The average molecular weight is 408 g/mol. The van der Waals surface area contributed by atoms with Crippen molar-refractivity contribution in [3.05, 3.63) is 52.2 Å². The summed E-state index contributed by atoms with van der Waals surface area (Å²) in [6, 6.07) is 6.37. The summed E-state index contributed by atoms with van der Waals surface area (Å²) in [6.07, 6.45) is 7.22. The van der Waals surface area contributed by atoms with Crippen LogP contribution in [0.3, 0.4) is 0 Å². The number of carbonyl (C=O) groups excluding carboxylic acids is 1. The fourth-order valence-electron chi connectivity index (χ4n) is 6.65. The van der Waals surface area contributed by atoms with Crippen LogP contribution in [0.1, 0.15) is 43.2 Å². The van der Waals surface area contributed by atoms with Crippen molar-refractivity contribution in [3.8, 4) is 5.75 Å². The molecule has 5 N–H and O–H groups in total. The van der Waals surface area contributed by atoms with E-state index < -0.39 is 12.1 Å². The van der Waals surface area contributed by atoms with E-state index >= 15 is 0 Å². The Kier molecular flexibility index (Phi) is 3.90. The van der Waals surface area contributed by atoms with Gasteiger partial charge in [-0.25, -0.2) is 0 Å². The first-order chi connectivity index (χ1) is 14.4. The van der Waals surface area contributed by atoms with Crippen molar-refractivity contribution in [2.24, 2.45) is 17.6 Å². The number of benzene rings is 1. The molecule has 30 heavy (non-hydrogen) atoms. The van der Waals surface area contributed by atoms with E-state index in [1.54, 1.807) is 0 Å². The largest absolute Gasteiger partial charge is 0.508 e. The minimum Gasteiger partial charge on any atom is -0.508 e. The van der Waals surface area contributed by atoms with E-state index in [0.29, 0.717) is 17.7 Å². The summed E-state index contributed by atoms with van der Waals surface area (Å²) >= 11 is 0. The molecular weight excluding hydrogens is 378 g/mol. The van der Waals surface area contributed by atoms with E-state index in [-0.39, 0.29) is 11.0 Å². The molecule has 2 fully saturated rings. The minimum atomic E-state index is -1.05. The van der Waals surface area contributed by atoms with Gasteiger partial charge in [0.2, 0.25) is 5.91 Å². The molecule has 6 nitrogen and oxygen atoms in total. The van der Waals surface area contributed by atoms with Crippen molar-refractivity contribution in [1.29, 1.82) is 0 Å². The molecule has 158 valence electrons. The minimum absolute atomic E-state index is 0.0410. The number of nitrogens with one attached hydrogen (secondary N) is 1. The second-order valence-corrected chi connectivity index (χ2v) is 9.96. The van der Waals surface area contributed by atoms with Gasteiger partial charge in [0.25, 0.3) is 0 Å². The first-order valence-corrected chi connectivity index (χ1v) is 11.2. The van der Waals surface area contributed by atoms with Crippen molar-refractivity contribution in [1.82, 2.24) is 10.2 Å². The molecule has 2 bridgehead atoms. The van der Waals surface area contributed by atoms with Gasteiger partial charge in [-0.3, -0.25) is 9.69 Å². The highest BCUT2D eigenvalue weighted by Crippen LogP contribution is 2.58. The monoisotopic (exact) mass is 407 g/mol. The third-order valence-corrected chi connectivity index (χ3v) is 8.28. The lowest BCUT2D eigenvalue weighted by atomic mass is 9.52. The lowest BCUT2D eigenvalue weighted by Gasteiger charge is -2.59. The third-order valence-electron chi connectivity index (χ3n) is 8.28. The number of allylic oxidation sites excluding steroid dienone is 3. The number of phenolic OH excluding ortho intramolecular Hbond substituents is 1. The van der Waals surface area contributed by atoms with Gasteiger partial charge in [-0.05, 0) is 91.8 Å². The Bertz CT molecular complexity index is 995. The molecule has 6 rings (SSSR count). The number of primary amides is 1. The van der Waals surface area contributed by atoms with Gasteiger partial charge in [-0.15, -0.1) is 0 Å². The van der Waals surface area contributed by atoms with Gasteiger partial charge < -0.3 is 21.3 Å².